The number of aromatic hydroxyl groups is 1. The van der Waals surface area contributed by atoms with Crippen molar-refractivity contribution >= 4 is 27.3 Å². The highest BCUT2D eigenvalue weighted by Crippen LogP contribution is 2.28. The van der Waals surface area contributed by atoms with E-state index in [4.69, 9.17) is 0 Å². The van der Waals surface area contributed by atoms with Gasteiger partial charge in [-0.3, -0.25) is 4.79 Å². The van der Waals surface area contributed by atoms with Crippen molar-refractivity contribution in [1.82, 2.24) is 14.2 Å². The Hall–Kier alpha value is -2.75. The minimum Gasteiger partial charge on any atom is -0.507 e. The van der Waals surface area contributed by atoms with Gasteiger partial charge in [-0.05, 0) is 37.1 Å². The second-order valence-electron chi connectivity index (χ2n) is 7.85. The molecule has 168 valence electrons. The topological polar surface area (TPSA) is 90.8 Å². The van der Waals surface area contributed by atoms with Gasteiger partial charge in [0.1, 0.15) is 15.5 Å². The Morgan fingerprint density at radius 1 is 1.06 bits per heavy atom. The van der Waals surface area contributed by atoms with E-state index < -0.39 is 10.0 Å². The SMILES string of the molecule is Cc1ccc(O)c(S(=O)(=O)N2CCN(C(=O)c3sc(Cc4ccccc4)nc3C)CC2)c1. The first-order valence-corrected chi connectivity index (χ1v) is 12.6. The number of phenolic OH excluding ortho intramolecular Hbond substituents is 1. The average molecular weight is 472 g/mol. The zero-order valence-corrected chi connectivity index (χ0v) is 19.6. The fraction of sp³-hybridized carbons (Fsp3) is 0.304. The first kappa shape index (κ1) is 22.4. The van der Waals surface area contributed by atoms with Gasteiger partial charge >= 0.3 is 0 Å². The van der Waals surface area contributed by atoms with Crippen molar-refractivity contribution in [1.29, 1.82) is 0 Å². The second kappa shape index (κ2) is 9.01. The van der Waals surface area contributed by atoms with Crippen LogP contribution in [0, 0.1) is 13.8 Å². The van der Waals surface area contributed by atoms with Crippen LogP contribution in [0.3, 0.4) is 0 Å². The molecule has 1 saturated heterocycles. The van der Waals surface area contributed by atoms with Crippen LogP contribution in [-0.4, -0.2) is 59.8 Å². The number of carbonyl (C=O) groups is 1. The fourth-order valence-electron chi connectivity index (χ4n) is 3.74. The Morgan fingerprint density at radius 3 is 2.44 bits per heavy atom. The summed E-state index contributed by atoms with van der Waals surface area (Å²) in [7, 11) is -3.83. The van der Waals surface area contributed by atoms with Gasteiger partial charge < -0.3 is 10.0 Å². The van der Waals surface area contributed by atoms with Crippen molar-refractivity contribution in [3.05, 3.63) is 75.2 Å². The lowest BCUT2D eigenvalue weighted by atomic mass is 10.2. The van der Waals surface area contributed by atoms with E-state index in [0.717, 1.165) is 16.1 Å². The summed E-state index contributed by atoms with van der Waals surface area (Å²) >= 11 is 1.40. The van der Waals surface area contributed by atoms with Gasteiger partial charge in [0.05, 0.1) is 10.7 Å². The van der Waals surface area contributed by atoms with Crippen LogP contribution in [0.2, 0.25) is 0 Å². The molecule has 1 N–H and O–H groups in total. The second-order valence-corrected chi connectivity index (χ2v) is 10.8. The molecule has 2 heterocycles. The van der Waals surface area contributed by atoms with Crippen LogP contribution in [0.5, 0.6) is 5.75 Å². The number of hydrogen-bond acceptors (Lipinski definition) is 6. The molecule has 2 aromatic carbocycles. The molecule has 7 nitrogen and oxygen atoms in total. The number of rotatable bonds is 5. The van der Waals surface area contributed by atoms with E-state index in [1.807, 2.05) is 37.3 Å². The summed E-state index contributed by atoms with van der Waals surface area (Å²) in [5, 5.41) is 10.9. The van der Waals surface area contributed by atoms with Gasteiger partial charge in [-0.2, -0.15) is 4.31 Å². The maximum absolute atomic E-state index is 13.1. The third kappa shape index (κ3) is 4.55. The number of amides is 1. The predicted octanol–water partition coefficient (Wildman–Crippen LogP) is 3.20. The number of sulfonamides is 1. The molecular formula is C23H25N3O4S2. The van der Waals surface area contributed by atoms with E-state index in [-0.39, 0.29) is 42.7 Å². The number of aryl methyl sites for hydroxylation is 2. The quantitative estimate of drug-likeness (QED) is 0.617. The molecule has 1 aliphatic heterocycles. The first-order chi connectivity index (χ1) is 15.3. The molecule has 1 aromatic heterocycles. The molecule has 32 heavy (non-hydrogen) atoms. The average Bonchev–Trinajstić information content (AvgIpc) is 3.15. The third-order valence-electron chi connectivity index (χ3n) is 5.49. The zero-order valence-electron chi connectivity index (χ0n) is 18.0. The van der Waals surface area contributed by atoms with Crippen molar-refractivity contribution in [2.75, 3.05) is 26.2 Å². The first-order valence-electron chi connectivity index (χ1n) is 10.3. The molecule has 4 rings (SSSR count). The van der Waals surface area contributed by atoms with Crippen LogP contribution in [0.15, 0.2) is 53.4 Å². The number of carbonyl (C=O) groups excluding carboxylic acids is 1. The highest BCUT2D eigenvalue weighted by atomic mass is 32.2. The highest BCUT2D eigenvalue weighted by molar-refractivity contribution is 7.89. The summed E-state index contributed by atoms with van der Waals surface area (Å²) in [4.78, 5) is 19.9. The summed E-state index contributed by atoms with van der Waals surface area (Å²) in [6.45, 7) is 4.54. The summed E-state index contributed by atoms with van der Waals surface area (Å²) in [5.41, 5.74) is 2.59. The summed E-state index contributed by atoms with van der Waals surface area (Å²) < 4.78 is 27.3. The number of benzene rings is 2. The van der Waals surface area contributed by atoms with Crippen LogP contribution in [0.1, 0.15) is 31.5 Å². The molecular weight excluding hydrogens is 446 g/mol. The Bertz CT molecular complexity index is 1230. The van der Waals surface area contributed by atoms with Crippen molar-refractivity contribution in [2.45, 2.75) is 25.2 Å². The number of piperazine rings is 1. The van der Waals surface area contributed by atoms with Crippen LogP contribution in [-0.2, 0) is 16.4 Å². The molecule has 0 radical (unpaired) electrons. The summed E-state index contributed by atoms with van der Waals surface area (Å²) in [6.07, 6.45) is 0.672. The summed E-state index contributed by atoms with van der Waals surface area (Å²) in [5.74, 6) is -0.380. The number of thiazole rings is 1. The van der Waals surface area contributed by atoms with Crippen molar-refractivity contribution < 1.29 is 18.3 Å². The van der Waals surface area contributed by atoms with Gasteiger partial charge in [0.25, 0.3) is 5.91 Å². The van der Waals surface area contributed by atoms with Crippen LogP contribution >= 0.6 is 11.3 Å². The van der Waals surface area contributed by atoms with Gasteiger partial charge in [0.2, 0.25) is 10.0 Å². The molecule has 1 aliphatic rings. The van der Waals surface area contributed by atoms with E-state index in [2.05, 4.69) is 4.98 Å². The third-order valence-corrected chi connectivity index (χ3v) is 8.57. The van der Waals surface area contributed by atoms with Crippen LogP contribution in [0.4, 0.5) is 0 Å². The molecule has 0 saturated carbocycles. The maximum atomic E-state index is 13.1. The Balaban J connectivity index is 1.44. The summed E-state index contributed by atoms with van der Waals surface area (Å²) in [6, 6.07) is 14.5. The molecule has 0 bridgehead atoms. The van der Waals surface area contributed by atoms with Crippen molar-refractivity contribution in [3.63, 3.8) is 0 Å². The largest absolute Gasteiger partial charge is 0.507 e. The van der Waals surface area contributed by atoms with Crippen molar-refractivity contribution in [2.24, 2.45) is 0 Å². The van der Waals surface area contributed by atoms with Gasteiger partial charge in [-0.1, -0.05) is 36.4 Å². The minimum absolute atomic E-state index is 0.0962. The van der Waals surface area contributed by atoms with E-state index in [1.165, 1.54) is 27.8 Å². The molecule has 1 fully saturated rings. The number of nitrogens with zero attached hydrogens (tertiary/aromatic N) is 3. The standard InChI is InChI=1S/C23H25N3O4S2/c1-16-8-9-19(27)20(14-16)32(29,30)26-12-10-25(11-13-26)23(28)22-17(2)24-21(31-22)15-18-6-4-3-5-7-18/h3-9,14,27H,10-13,15H2,1-2H3. The van der Waals surface area contributed by atoms with Gasteiger partial charge in [0.15, 0.2) is 0 Å². The van der Waals surface area contributed by atoms with E-state index in [9.17, 15) is 18.3 Å². The van der Waals surface area contributed by atoms with E-state index >= 15 is 0 Å². The highest BCUT2D eigenvalue weighted by Gasteiger charge is 2.33. The Kier molecular flexibility index (Phi) is 6.32. The monoisotopic (exact) mass is 471 g/mol. The van der Waals surface area contributed by atoms with Gasteiger partial charge in [0, 0.05) is 32.6 Å². The van der Waals surface area contributed by atoms with Crippen molar-refractivity contribution in [3.8, 4) is 5.75 Å². The molecule has 0 unspecified atom stereocenters. The molecule has 0 spiro atoms. The smallest absolute Gasteiger partial charge is 0.265 e. The predicted molar refractivity (Wildman–Crippen MR) is 124 cm³/mol. The lowest BCUT2D eigenvalue weighted by molar-refractivity contribution is 0.0701. The molecule has 3 aromatic rings. The number of aromatic nitrogens is 1. The molecule has 0 atom stereocenters. The number of phenols is 1. The lowest BCUT2D eigenvalue weighted by Crippen LogP contribution is -2.50. The Morgan fingerprint density at radius 2 is 1.75 bits per heavy atom. The van der Waals surface area contributed by atoms with Gasteiger partial charge in [-0.15, -0.1) is 11.3 Å². The van der Waals surface area contributed by atoms with E-state index in [0.29, 0.717) is 17.0 Å². The lowest BCUT2D eigenvalue weighted by Gasteiger charge is -2.34. The molecule has 9 heteroatoms. The minimum atomic E-state index is -3.83. The van der Waals surface area contributed by atoms with Crippen LogP contribution in [0.25, 0.3) is 0 Å². The Labute approximate surface area is 192 Å². The van der Waals surface area contributed by atoms with E-state index in [1.54, 1.807) is 17.9 Å². The zero-order chi connectivity index (χ0) is 22.9. The fourth-order valence-corrected chi connectivity index (χ4v) is 6.40. The maximum Gasteiger partial charge on any atom is 0.265 e. The van der Waals surface area contributed by atoms with Crippen LogP contribution < -0.4 is 0 Å². The van der Waals surface area contributed by atoms with Gasteiger partial charge in [-0.25, -0.2) is 13.4 Å². The normalized spacial score (nSPS) is 15.1. The molecule has 1 amide bonds. The molecule has 0 aliphatic carbocycles. The number of hydrogen-bond donors (Lipinski definition) is 1.